The summed E-state index contributed by atoms with van der Waals surface area (Å²) in [7, 11) is 0. The number of carbonyl (C=O) groups excluding carboxylic acids is 7. The van der Waals surface area contributed by atoms with Crippen LogP contribution in [0.2, 0.25) is 0 Å². The van der Waals surface area contributed by atoms with Gasteiger partial charge in [0.1, 0.15) is 18.7 Å². The van der Waals surface area contributed by atoms with Crippen LogP contribution in [0, 0.1) is 11.3 Å². The van der Waals surface area contributed by atoms with Gasteiger partial charge in [-0.2, -0.15) is 5.26 Å². The van der Waals surface area contributed by atoms with Crippen LogP contribution >= 0.6 is 0 Å². The zero-order valence-corrected chi connectivity index (χ0v) is 30.4. The third-order valence-electron chi connectivity index (χ3n) is 8.15. The molecule has 2 atom stereocenters. The normalized spacial score (nSPS) is 13.6. The Bertz CT molecular complexity index is 2250. The number of aromatic hydroxyl groups is 1. The van der Waals surface area contributed by atoms with E-state index in [2.05, 4.69) is 32.1 Å². The number of rotatable bonds is 14. The molecule has 1 saturated heterocycles. The minimum absolute atomic E-state index is 0.0367. The number of nitriles is 1. The summed E-state index contributed by atoms with van der Waals surface area (Å²) >= 11 is 0. The number of phenolic OH excluding ortho intramolecular Hbond substituents is 1. The molecule has 7 amide bonds. The second-order valence-electron chi connectivity index (χ2n) is 12.7. The van der Waals surface area contributed by atoms with Gasteiger partial charge in [0.25, 0.3) is 29.5 Å². The Kier molecular flexibility index (Phi) is 12.8. The first-order chi connectivity index (χ1) is 27.2. The standard InChI is InChI=1S/C39H36N8O10/c1-20(2)57-33-28(16-15-27(32(33)49)37(53)46-30-19-56-47-39(30)55)44-35(51)23-9-13-26(14-10-23)43-38(54)29(17-31(41)48)45-36(52)24-7-11-25(12-8-24)42-34(50)22-5-3-21(18-40)4-6-22/h3-16,20,29-30,49H,17,19H2,1-2H3,(H2,41,48)(H,42,50)(H,43,54)(H,44,51)(H,45,52)(H,46,53)(H,47,55)/t29?,30-/m1/s1. The van der Waals surface area contributed by atoms with E-state index in [-0.39, 0.29) is 40.4 Å². The molecule has 9 N–H and O–H groups in total. The van der Waals surface area contributed by atoms with Crippen LogP contribution in [0.1, 0.15) is 67.3 Å². The van der Waals surface area contributed by atoms with Crippen LogP contribution in [0.3, 0.4) is 0 Å². The first kappa shape index (κ1) is 40.4. The molecule has 0 saturated carbocycles. The fourth-order valence-corrected chi connectivity index (χ4v) is 5.28. The van der Waals surface area contributed by atoms with E-state index in [9.17, 15) is 38.7 Å². The van der Waals surface area contributed by atoms with Gasteiger partial charge in [-0.25, -0.2) is 5.48 Å². The topological polar surface area (TPSA) is 280 Å². The molecule has 1 unspecified atom stereocenters. The van der Waals surface area contributed by atoms with Crippen molar-refractivity contribution in [1.29, 1.82) is 5.26 Å². The number of ether oxygens (including phenoxy) is 1. The van der Waals surface area contributed by atoms with E-state index in [1.54, 1.807) is 13.8 Å². The van der Waals surface area contributed by atoms with Crippen LogP contribution in [-0.4, -0.2) is 71.3 Å². The number of nitrogens with zero attached hydrogens (tertiary/aromatic N) is 1. The molecule has 1 aliphatic heterocycles. The van der Waals surface area contributed by atoms with Crippen molar-refractivity contribution in [3.63, 3.8) is 0 Å². The lowest BCUT2D eigenvalue weighted by Crippen LogP contribution is -2.46. The maximum absolute atomic E-state index is 13.2. The summed E-state index contributed by atoms with van der Waals surface area (Å²) in [5, 5.41) is 32.7. The lowest BCUT2D eigenvalue weighted by atomic mass is 10.1. The predicted octanol–water partition coefficient (Wildman–Crippen LogP) is 2.33. The first-order valence-electron chi connectivity index (χ1n) is 17.2. The van der Waals surface area contributed by atoms with Crippen molar-refractivity contribution in [3.05, 3.63) is 113 Å². The number of hydrogen-bond acceptors (Lipinski definition) is 11. The SMILES string of the molecule is CC(C)Oc1c(NC(=O)c2ccc(NC(=O)C(CC(N)=O)NC(=O)c3ccc(NC(=O)c4ccc(C#N)cc4)cc3)cc2)ccc(C(=O)N[C@@H]2CONC2=O)c1O. The van der Waals surface area contributed by atoms with E-state index in [1.807, 2.05) is 6.07 Å². The number of hydrogen-bond donors (Lipinski definition) is 8. The molecule has 0 radical (unpaired) electrons. The number of anilines is 3. The molecule has 4 aromatic rings. The van der Waals surface area contributed by atoms with Gasteiger partial charge in [0.05, 0.1) is 35.4 Å². The molecule has 18 nitrogen and oxygen atoms in total. The molecule has 1 aliphatic rings. The molecule has 0 bridgehead atoms. The Labute approximate surface area is 324 Å². The lowest BCUT2D eigenvalue weighted by molar-refractivity contribution is -0.125. The predicted molar refractivity (Wildman–Crippen MR) is 203 cm³/mol. The third-order valence-corrected chi connectivity index (χ3v) is 8.15. The van der Waals surface area contributed by atoms with Gasteiger partial charge in [-0.1, -0.05) is 0 Å². The molecule has 0 aliphatic carbocycles. The van der Waals surface area contributed by atoms with Crippen LogP contribution < -0.4 is 42.5 Å². The monoisotopic (exact) mass is 776 g/mol. The average molecular weight is 777 g/mol. The molecular weight excluding hydrogens is 740 g/mol. The highest BCUT2D eigenvalue weighted by Gasteiger charge is 2.30. The zero-order valence-electron chi connectivity index (χ0n) is 30.4. The lowest BCUT2D eigenvalue weighted by Gasteiger charge is -2.19. The fraction of sp³-hybridized carbons (Fsp3) is 0.179. The average Bonchev–Trinajstić information content (AvgIpc) is 3.59. The maximum atomic E-state index is 13.2. The quantitative estimate of drug-likeness (QED) is 0.0920. The number of amides is 7. The van der Waals surface area contributed by atoms with Crippen molar-refractivity contribution in [2.75, 3.05) is 22.6 Å². The summed E-state index contributed by atoms with van der Waals surface area (Å²) in [6.45, 7) is 3.24. The highest BCUT2D eigenvalue weighted by molar-refractivity contribution is 6.08. The number of nitrogens with two attached hydrogens (primary N) is 1. The molecule has 0 aromatic heterocycles. The van der Waals surface area contributed by atoms with E-state index in [0.717, 1.165) is 0 Å². The molecule has 57 heavy (non-hydrogen) atoms. The minimum atomic E-state index is -1.38. The molecule has 1 fully saturated rings. The number of benzene rings is 4. The zero-order chi connectivity index (χ0) is 41.2. The molecule has 1 heterocycles. The molecule has 18 heteroatoms. The van der Waals surface area contributed by atoms with E-state index in [1.165, 1.54) is 84.9 Å². The Morgan fingerprint density at radius 1 is 0.825 bits per heavy atom. The Morgan fingerprint density at radius 3 is 1.93 bits per heavy atom. The molecule has 4 aromatic carbocycles. The Hall–Kier alpha value is -7.78. The van der Waals surface area contributed by atoms with Crippen molar-refractivity contribution in [2.45, 2.75) is 38.5 Å². The summed E-state index contributed by atoms with van der Waals surface area (Å²) in [6.07, 6.45) is -1.01. The summed E-state index contributed by atoms with van der Waals surface area (Å²) in [4.78, 5) is 93.3. The minimum Gasteiger partial charge on any atom is -0.504 e. The Balaban J connectivity index is 1.21. The summed E-state index contributed by atoms with van der Waals surface area (Å²) < 4.78 is 5.72. The third kappa shape index (κ3) is 10.5. The number of phenols is 1. The highest BCUT2D eigenvalue weighted by atomic mass is 16.7. The van der Waals surface area contributed by atoms with Crippen LogP contribution in [0.25, 0.3) is 0 Å². The Morgan fingerprint density at radius 2 is 1.39 bits per heavy atom. The van der Waals surface area contributed by atoms with Gasteiger partial charge < -0.3 is 42.2 Å². The smallest absolute Gasteiger partial charge is 0.268 e. The molecule has 5 rings (SSSR count). The van der Waals surface area contributed by atoms with Crippen molar-refractivity contribution in [2.24, 2.45) is 5.73 Å². The largest absolute Gasteiger partial charge is 0.504 e. The van der Waals surface area contributed by atoms with E-state index in [0.29, 0.717) is 16.8 Å². The van der Waals surface area contributed by atoms with Crippen LogP contribution in [0.15, 0.2) is 84.9 Å². The van der Waals surface area contributed by atoms with E-state index in [4.69, 9.17) is 20.6 Å². The van der Waals surface area contributed by atoms with Crippen LogP contribution in [0.4, 0.5) is 17.1 Å². The summed E-state index contributed by atoms with van der Waals surface area (Å²) in [5.74, 6) is -5.51. The highest BCUT2D eigenvalue weighted by Crippen LogP contribution is 2.39. The fourth-order valence-electron chi connectivity index (χ4n) is 5.28. The van der Waals surface area contributed by atoms with Crippen LogP contribution in [-0.2, 0) is 19.2 Å². The van der Waals surface area contributed by atoms with Gasteiger partial charge in [-0.15, -0.1) is 0 Å². The van der Waals surface area contributed by atoms with Crippen molar-refractivity contribution in [1.82, 2.24) is 16.1 Å². The van der Waals surface area contributed by atoms with Gasteiger partial charge >= 0.3 is 0 Å². The van der Waals surface area contributed by atoms with Crippen molar-refractivity contribution < 1.29 is 48.2 Å². The van der Waals surface area contributed by atoms with Gasteiger partial charge in [0.15, 0.2) is 11.5 Å². The van der Waals surface area contributed by atoms with Crippen LogP contribution in [0.5, 0.6) is 11.5 Å². The van der Waals surface area contributed by atoms with Gasteiger partial charge in [0, 0.05) is 28.1 Å². The molecule has 0 spiro atoms. The molecule has 292 valence electrons. The van der Waals surface area contributed by atoms with Crippen molar-refractivity contribution >= 4 is 58.4 Å². The van der Waals surface area contributed by atoms with E-state index < -0.39 is 71.7 Å². The maximum Gasteiger partial charge on any atom is 0.268 e. The van der Waals surface area contributed by atoms with Crippen molar-refractivity contribution in [3.8, 4) is 17.6 Å². The van der Waals surface area contributed by atoms with Gasteiger partial charge in [-0.3, -0.25) is 38.4 Å². The van der Waals surface area contributed by atoms with E-state index >= 15 is 0 Å². The van der Waals surface area contributed by atoms with Gasteiger partial charge in [-0.05, 0) is 98.8 Å². The molecular formula is C39H36N8O10. The summed E-state index contributed by atoms with van der Waals surface area (Å²) in [5.41, 5.74) is 8.84. The number of nitrogens with one attached hydrogen (secondary N) is 6. The van der Waals surface area contributed by atoms with Gasteiger partial charge in [0.2, 0.25) is 11.8 Å². The second kappa shape index (κ2) is 18.0. The first-order valence-corrected chi connectivity index (χ1v) is 17.2. The number of hydroxylamine groups is 1. The second-order valence-corrected chi connectivity index (χ2v) is 12.7. The number of carbonyl (C=O) groups is 7. The number of primary amides is 1. The summed E-state index contributed by atoms with van der Waals surface area (Å²) in [6, 6.07) is 19.6.